The number of nitrogens with one attached hydrogen (secondary N) is 1. The van der Waals surface area contributed by atoms with E-state index in [0.717, 1.165) is 0 Å². The maximum absolute atomic E-state index is 11.8. The van der Waals surface area contributed by atoms with E-state index >= 15 is 0 Å². The fourth-order valence-electron chi connectivity index (χ4n) is 1.66. The summed E-state index contributed by atoms with van der Waals surface area (Å²) in [6.07, 6.45) is 3.13. The second-order valence-electron chi connectivity index (χ2n) is 4.36. The topological polar surface area (TPSA) is 108 Å². The number of nitrogens with zero attached hydrogens (tertiary/aromatic N) is 4. The van der Waals surface area contributed by atoms with Crippen molar-refractivity contribution >= 4 is 17.6 Å². The summed E-state index contributed by atoms with van der Waals surface area (Å²) in [5.41, 5.74) is 6.14. The van der Waals surface area contributed by atoms with Crippen LogP contribution in [-0.2, 0) is 4.74 Å². The normalized spacial score (nSPS) is 10.6. The van der Waals surface area contributed by atoms with Gasteiger partial charge in [-0.25, -0.2) is 14.8 Å². The predicted molar refractivity (Wildman–Crippen MR) is 73.7 cm³/mol. The molecule has 0 saturated heterocycles. The van der Waals surface area contributed by atoms with Gasteiger partial charge in [-0.1, -0.05) is 0 Å². The highest BCUT2D eigenvalue weighted by atomic mass is 16.5. The summed E-state index contributed by atoms with van der Waals surface area (Å²) in [5.74, 6) is 0.197. The summed E-state index contributed by atoms with van der Waals surface area (Å²) < 4.78 is 6.04. The predicted octanol–water partition coefficient (Wildman–Crippen LogP) is 0.851. The molecule has 2 rings (SSSR count). The molecule has 0 aromatic carbocycles. The maximum Gasteiger partial charge on any atom is 0.345 e. The fraction of sp³-hybridized carbons (Fsp3) is 0.333. The number of esters is 1. The Labute approximate surface area is 116 Å². The second kappa shape index (κ2) is 5.55. The zero-order valence-corrected chi connectivity index (χ0v) is 11.5. The largest absolute Gasteiger partial charge is 0.465 e. The van der Waals surface area contributed by atoms with Gasteiger partial charge in [0, 0.05) is 18.4 Å². The number of rotatable bonds is 4. The van der Waals surface area contributed by atoms with E-state index in [0.29, 0.717) is 5.82 Å². The van der Waals surface area contributed by atoms with E-state index in [9.17, 15) is 4.79 Å². The molecule has 0 aliphatic heterocycles. The highest BCUT2D eigenvalue weighted by Crippen LogP contribution is 2.24. The molecule has 0 fully saturated rings. The third-order valence-corrected chi connectivity index (χ3v) is 2.48. The van der Waals surface area contributed by atoms with E-state index < -0.39 is 5.97 Å². The van der Waals surface area contributed by atoms with Gasteiger partial charge in [0.05, 0.1) is 7.11 Å². The summed E-state index contributed by atoms with van der Waals surface area (Å²) in [7, 11) is 1.29. The van der Waals surface area contributed by atoms with Crippen molar-refractivity contribution in [2.24, 2.45) is 0 Å². The van der Waals surface area contributed by atoms with Gasteiger partial charge in [0.15, 0.2) is 5.82 Å². The lowest BCUT2D eigenvalue weighted by Crippen LogP contribution is -2.14. The molecule has 0 spiro atoms. The molecule has 8 heteroatoms. The average molecular weight is 276 g/mol. The standard InChI is InChI=1S/C12H16N6O2/c1-7(2)16-10-8(11(19)20-3)9(13)18(17-10)12-14-5-4-6-15-12/h4-7H,13H2,1-3H3,(H,16,17). The SMILES string of the molecule is COC(=O)c1c(NC(C)C)nn(-c2ncccn2)c1N. The third kappa shape index (κ3) is 2.53. The molecule has 2 aromatic heterocycles. The number of hydrogen-bond acceptors (Lipinski definition) is 7. The number of methoxy groups -OCH3 is 1. The van der Waals surface area contributed by atoms with Crippen molar-refractivity contribution in [1.29, 1.82) is 0 Å². The maximum atomic E-state index is 11.8. The number of aromatic nitrogens is 4. The quantitative estimate of drug-likeness (QED) is 0.797. The zero-order chi connectivity index (χ0) is 14.7. The Morgan fingerprint density at radius 2 is 2.05 bits per heavy atom. The summed E-state index contributed by atoms with van der Waals surface area (Å²) >= 11 is 0. The third-order valence-electron chi connectivity index (χ3n) is 2.48. The van der Waals surface area contributed by atoms with Crippen molar-refractivity contribution in [2.45, 2.75) is 19.9 Å². The van der Waals surface area contributed by atoms with Crippen LogP contribution in [0.1, 0.15) is 24.2 Å². The molecule has 0 bridgehead atoms. The van der Waals surface area contributed by atoms with Crippen LogP contribution in [0.15, 0.2) is 18.5 Å². The minimum atomic E-state index is -0.562. The lowest BCUT2D eigenvalue weighted by molar-refractivity contribution is 0.0603. The molecule has 0 atom stereocenters. The van der Waals surface area contributed by atoms with Crippen molar-refractivity contribution in [2.75, 3.05) is 18.2 Å². The number of carbonyl (C=O) groups is 1. The molecule has 0 radical (unpaired) electrons. The zero-order valence-electron chi connectivity index (χ0n) is 11.5. The van der Waals surface area contributed by atoms with Gasteiger partial charge in [-0.2, -0.15) is 4.68 Å². The highest BCUT2D eigenvalue weighted by Gasteiger charge is 2.24. The second-order valence-corrected chi connectivity index (χ2v) is 4.36. The summed E-state index contributed by atoms with van der Waals surface area (Å²) in [6, 6.07) is 1.76. The Morgan fingerprint density at radius 1 is 1.40 bits per heavy atom. The van der Waals surface area contributed by atoms with Crippen molar-refractivity contribution in [3.8, 4) is 5.95 Å². The van der Waals surface area contributed by atoms with E-state index in [4.69, 9.17) is 10.5 Å². The molecule has 106 valence electrons. The lowest BCUT2D eigenvalue weighted by atomic mass is 10.3. The Morgan fingerprint density at radius 3 is 2.60 bits per heavy atom. The number of nitrogen functional groups attached to an aromatic ring is 1. The summed E-state index contributed by atoms with van der Waals surface area (Å²) in [4.78, 5) is 20.0. The Balaban J connectivity index is 2.55. The lowest BCUT2D eigenvalue weighted by Gasteiger charge is -2.07. The van der Waals surface area contributed by atoms with Crippen LogP contribution >= 0.6 is 0 Å². The smallest absolute Gasteiger partial charge is 0.345 e. The van der Waals surface area contributed by atoms with Crippen LogP contribution in [0.3, 0.4) is 0 Å². The van der Waals surface area contributed by atoms with Gasteiger partial charge in [-0.05, 0) is 19.9 Å². The Kier molecular flexibility index (Phi) is 3.83. The van der Waals surface area contributed by atoms with Crippen molar-refractivity contribution in [1.82, 2.24) is 19.7 Å². The minimum Gasteiger partial charge on any atom is -0.465 e. The van der Waals surface area contributed by atoms with Gasteiger partial charge in [-0.3, -0.25) is 0 Å². The van der Waals surface area contributed by atoms with Crippen LogP contribution in [-0.4, -0.2) is 38.9 Å². The Hall–Kier alpha value is -2.64. The van der Waals surface area contributed by atoms with Crippen LogP contribution in [0, 0.1) is 0 Å². The van der Waals surface area contributed by atoms with Gasteiger partial charge in [0.25, 0.3) is 5.95 Å². The van der Waals surface area contributed by atoms with E-state index in [1.807, 2.05) is 13.8 Å². The van der Waals surface area contributed by atoms with E-state index in [1.54, 1.807) is 18.5 Å². The molecular formula is C12H16N6O2. The first-order chi connectivity index (χ1) is 9.54. The molecule has 20 heavy (non-hydrogen) atoms. The van der Waals surface area contributed by atoms with Crippen molar-refractivity contribution in [3.05, 3.63) is 24.0 Å². The van der Waals surface area contributed by atoms with E-state index in [1.165, 1.54) is 11.8 Å². The number of carbonyl (C=O) groups excluding carboxylic acids is 1. The van der Waals surface area contributed by atoms with E-state index in [-0.39, 0.29) is 23.4 Å². The molecule has 0 aliphatic rings. The first-order valence-corrected chi connectivity index (χ1v) is 6.05. The molecule has 2 heterocycles. The van der Waals surface area contributed by atoms with Crippen LogP contribution in [0.25, 0.3) is 5.95 Å². The summed E-state index contributed by atoms with van der Waals surface area (Å²) in [5, 5.41) is 7.30. The van der Waals surface area contributed by atoms with Gasteiger partial charge >= 0.3 is 5.97 Å². The molecule has 0 saturated carbocycles. The number of ether oxygens (including phenoxy) is 1. The minimum absolute atomic E-state index is 0.0813. The average Bonchev–Trinajstić information content (AvgIpc) is 2.75. The summed E-state index contributed by atoms with van der Waals surface area (Å²) in [6.45, 7) is 3.85. The van der Waals surface area contributed by atoms with Gasteiger partial charge < -0.3 is 15.8 Å². The van der Waals surface area contributed by atoms with Gasteiger partial charge in [-0.15, -0.1) is 5.10 Å². The molecule has 0 aliphatic carbocycles. The molecule has 0 unspecified atom stereocenters. The van der Waals surface area contributed by atoms with Crippen molar-refractivity contribution < 1.29 is 9.53 Å². The molecule has 2 aromatic rings. The van der Waals surface area contributed by atoms with Gasteiger partial charge in [0.2, 0.25) is 0 Å². The van der Waals surface area contributed by atoms with E-state index in [2.05, 4.69) is 20.4 Å². The monoisotopic (exact) mass is 276 g/mol. The molecular weight excluding hydrogens is 260 g/mol. The van der Waals surface area contributed by atoms with Crippen LogP contribution in [0.4, 0.5) is 11.6 Å². The number of hydrogen-bond donors (Lipinski definition) is 2. The number of nitrogens with two attached hydrogens (primary N) is 1. The fourth-order valence-corrected chi connectivity index (χ4v) is 1.66. The first-order valence-electron chi connectivity index (χ1n) is 6.05. The molecule has 3 N–H and O–H groups in total. The van der Waals surface area contributed by atoms with Gasteiger partial charge in [0.1, 0.15) is 11.4 Å². The number of anilines is 2. The van der Waals surface area contributed by atoms with Crippen LogP contribution in [0.2, 0.25) is 0 Å². The Bertz CT molecular complexity index is 608. The van der Waals surface area contributed by atoms with Crippen LogP contribution in [0.5, 0.6) is 0 Å². The first kappa shape index (κ1) is 13.8. The van der Waals surface area contributed by atoms with Crippen LogP contribution < -0.4 is 11.1 Å². The highest BCUT2D eigenvalue weighted by molar-refractivity contribution is 5.99. The molecule has 8 nitrogen and oxygen atoms in total. The van der Waals surface area contributed by atoms with Crippen molar-refractivity contribution in [3.63, 3.8) is 0 Å². The molecule has 0 amide bonds.